The van der Waals surface area contributed by atoms with Crippen molar-refractivity contribution in [1.29, 1.82) is 0 Å². The molecule has 6 nitrogen and oxygen atoms in total. The Morgan fingerprint density at radius 1 is 1.13 bits per heavy atom. The topological polar surface area (TPSA) is 62.6 Å². The Balaban J connectivity index is 1.77. The van der Waals surface area contributed by atoms with Crippen molar-refractivity contribution in [3.05, 3.63) is 76.6 Å². The quantitative estimate of drug-likeness (QED) is 0.357. The van der Waals surface area contributed by atoms with Gasteiger partial charge in [-0.2, -0.15) is 5.10 Å². The predicted octanol–water partition coefficient (Wildman–Crippen LogP) is 4.96. The van der Waals surface area contributed by atoms with Crippen molar-refractivity contribution in [3.63, 3.8) is 0 Å². The highest BCUT2D eigenvalue weighted by Gasteiger charge is 2.12. The van der Waals surface area contributed by atoms with Crippen LogP contribution < -0.4 is 14.2 Å². The van der Waals surface area contributed by atoms with E-state index in [9.17, 15) is 4.79 Å². The van der Waals surface area contributed by atoms with E-state index >= 15 is 0 Å². The second kappa shape index (κ2) is 9.98. The Hall–Kier alpha value is -3.25. The maximum absolute atomic E-state index is 12.4. The molecule has 1 aromatic heterocycles. The number of benzene rings is 2. The number of rotatable bonds is 9. The number of nitrogens with zero attached hydrogens (tertiary/aromatic N) is 2. The summed E-state index contributed by atoms with van der Waals surface area (Å²) in [5.41, 5.74) is 1.89. The lowest BCUT2D eigenvalue weighted by atomic mass is 10.1. The van der Waals surface area contributed by atoms with Crippen LogP contribution in [-0.4, -0.2) is 29.3 Å². The fourth-order valence-electron chi connectivity index (χ4n) is 2.89. The predicted molar refractivity (Wildman–Crippen MR) is 117 cm³/mol. The molecule has 7 heteroatoms. The molecule has 156 valence electrons. The number of methoxy groups -OCH3 is 1. The smallest absolute Gasteiger partial charge is 0.207 e. The molecule has 0 spiro atoms. The highest BCUT2D eigenvalue weighted by atomic mass is 35.5. The third kappa shape index (κ3) is 5.21. The first-order valence-electron chi connectivity index (χ1n) is 9.45. The normalized spacial score (nSPS) is 10.9. The molecule has 1 heterocycles. The number of allylic oxidation sites excluding steroid dienone is 1. The fraction of sp³-hybridized carbons (Fsp3) is 0.217. The number of hydrogen-bond acceptors (Lipinski definition) is 5. The van der Waals surface area contributed by atoms with Gasteiger partial charge in [-0.1, -0.05) is 35.9 Å². The molecule has 3 aromatic rings. The van der Waals surface area contributed by atoms with E-state index in [4.69, 9.17) is 25.8 Å². The molecule has 0 atom stereocenters. The minimum absolute atomic E-state index is 0.222. The van der Waals surface area contributed by atoms with Crippen LogP contribution in [0.15, 0.2) is 54.7 Å². The van der Waals surface area contributed by atoms with Crippen molar-refractivity contribution < 1.29 is 19.0 Å². The van der Waals surface area contributed by atoms with Gasteiger partial charge in [-0.05, 0) is 42.8 Å². The first-order chi connectivity index (χ1) is 14.5. The number of hydrogen-bond donors (Lipinski definition) is 0. The average molecular weight is 427 g/mol. The second-order valence-electron chi connectivity index (χ2n) is 6.44. The van der Waals surface area contributed by atoms with Crippen molar-refractivity contribution in [2.24, 2.45) is 7.05 Å². The van der Waals surface area contributed by atoms with E-state index in [1.54, 1.807) is 26.4 Å². The van der Waals surface area contributed by atoms with E-state index in [0.29, 0.717) is 28.9 Å². The van der Waals surface area contributed by atoms with E-state index in [1.807, 2.05) is 49.4 Å². The molecule has 0 aliphatic heterocycles. The van der Waals surface area contributed by atoms with Crippen LogP contribution >= 0.6 is 11.6 Å². The number of carbonyl (C=O) groups is 1. The maximum Gasteiger partial charge on any atom is 0.207 e. The molecule has 0 saturated heterocycles. The van der Waals surface area contributed by atoms with Gasteiger partial charge in [0, 0.05) is 18.8 Å². The monoisotopic (exact) mass is 426 g/mol. The second-order valence-corrected chi connectivity index (χ2v) is 6.84. The number of carbonyl (C=O) groups excluding carboxylic acids is 1. The first-order valence-corrected chi connectivity index (χ1v) is 9.82. The molecule has 2 aromatic carbocycles. The third-order valence-electron chi connectivity index (χ3n) is 4.28. The number of para-hydroxylation sites is 2. The van der Waals surface area contributed by atoms with E-state index in [2.05, 4.69) is 5.10 Å². The molecule has 0 radical (unpaired) electrons. The number of halogens is 1. The standard InChI is InChI=1S/C23H23ClN2O4/c1-4-29-21-7-5-6-8-22(21)30-15-17-13-16(10-12-20(17)28-3)9-11-19(27)23-18(24)14-26(2)25-23/h5-14H,4,15H2,1-3H3/b11-9+. The van der Waals surface area contributed by atoms with Gasteiger partial charge >= 0.3 is 0 Å². The van der Waals surface area contributed by atoms with Crippen molar-refractivity contribution in [3.8, 4) is 17.2 Å². The lowest BCUT2D eigenvalue weighted by Crippen LogP contribution is -2.02. The summed E-state index contributed by atoms with van der Waals surface area (Å²) >= 11 is 6.04. The Morgan fingerprint density at radius 2 is 1.87 bits per heavy atom. The van der Waals surface area contributed by atoms with Gasteiger partial charge in [-0.3, -0.25) is 9.48 Å². The summed E-state index contributed by atoms with van der Waals surface area (Å²) in [6.07, 6.45) is 4.75. The minimum atomic E-state index is -0.264. The van der Waals surface area contributed by atoms with E-state index in [0.717, 1.165) is 11.1 Å². The first kappa shape index (κ1) is 21.5. The molecule has 0 aliphatic carbocycles. The summed E-state index contributed by atoms with van der Waals surface area (Å²) in [4.78, 5) is 12.4. The van der Waals surface area contributed by atoms with Gasteiger partial charge in [-0.15, -0.1) is 0 Å². The molecule has 0 saturated carbocycles. The Kier molecular flexibility index (Phi) is 7.14. The molecule has 0 fully saturated rings. The van der Waals surface area contributed by atoms with Crippen molar-refractivity contribution in [2.75, 3.05) is 13.7 Å². The van der Waals surface area contributed by atoms with Crippen LogP contribution in [0, 0.1) is 0 Å². The number of aromatic nitrogens is 2. The summed E-state index contributed by atoms with van der Waals surface area (Å²) in [5, 5.41) is 4.41. The fourth-order valence-corrected chi connectivity index (χ4v) is 3.16. The van der Waals surface area contributed by atoms with Gasteiger partial charge in [0.25, 0.3) is 0 Å². The summed E-state index contributed by atoms with van der Waals surface area (Å²) < 4.78 is 18.5. The van der Waals surface area contributed by atoms with Gasteiger partial charge in [0.2, 0.25) is 5.78 Å². The zero-order valence-corrected chi connectivity index (χ0v) is 17.8. The number of ketones is 1. The number of ether oxygens (including phenoxy) is 3. The zero-order chi connectivity index (χ0) is 21.5. The van der Waals surface area contributed by atoms with Crippen molar-refractivity contribution in [2.45, 2.75) is 13.5 Å². The molecular formula is C23H23ClN2O4. The van der Waals surface area contributed by atoms with Gasteiger partial charge < -0.3 is 14.2 Å². The van der Waals surface area contributed by atoms with E-state index < -0.39 is 0 Å². The van der Waals surface area contributed by atoms with Crippen LogP contribution in [0.4, 0.5) is 0 Å². The van der Waals surface area contributed by atoms with Crippen molar-refractivity contribution >= 4 is 23.5 Å². The lowest BCUT2D eigenvalue weighted by Gasteiger charge is -2.14. The summed E-state index contributed by atoms with van der Waals surface area (Å²) in [6.45, 7) is 2.77. The van der Waals surface area contributed by atoms with Gasteiger partial charge in [0.05, 0.1) is 18.7 Å². The highest BCUT2D eigenvalue weighted by molar-refractivity contribution is 6.34. The van der Waals surface area contributed by atoms with Crippen LogP contribution in [0.1, 0.15) is 28.5 Å². The van der Waals surface area contributed by atoms with Crippen LogP contribution in [0.25, 0.3) is 6.08 Å². The van der Waals surface area contributed by atoms with Gasteiger partial charge in [0.15, 0.2) is 17.2 Å². The van der Waals surface area contributed by atoms with Crippen LogP contribution in [0.2, 0.25) is 5.02 Å². The maximum atomic E-state index is 12.4. The molecular weight excluding hydrogens is 404 g/mol. The molecule has 0 N–H and O–H groups in total. The summed E-state index contributed by atoms with van der Waals surface area (Å²) in [6, 6.07) is 13.1. The average Bonchev–Trinajstić information content (AvgIpc) is 3.09. The molecule has 3 rings (SSSR count). The summed E-state index contributed by atoms with van der Waals surface area (Å²) in [7, 11) is 3.32. The summed E-state index contributed by atoms with van der Waals surface area (Å²) in [5.74, 6) is 1.77. The SMILES string of the molecule is CCOc1ccccc1OCc1cc(/C=C/C(=O)c2nn(C)cc2Cl)ccc1OC. The van der Waals surface area contributed by atoms with Gasteiger partial charge in [-0.25, -0.2) is 0 Å². The molecule has 0 aliphatic rings. The Bertz CT molecular complexity index is 1060. The molecule has 0 amide bonds. The third-order valence-corrected chi connectivity index (χ3v) is 4.56. The Labute approximate surface area is 180 Å². The minimum Gasteiger partial charge on any atom is -0.496 e. The van der Waals surface area contributed by atoms with E-state index in [1.165, 1.54) is 10.8 Å². The molecule has 30 heavy (non-hydrogen) atoms. The zero-order valence-electron chi connectivity index (χ0n) is 17.1. The molecule has 0 bridgehead atoms. The van der Waals surface area contributed by atoms with Gasteiger partial charge in [0.1, 0.15) is 12.4 Å². The lowest BCUT2D eigenvalue weighted by molar-refractivity contribution is 0.104. The number of aryl methyl sites for hydroxylation is 1. The highest BCUT2D eigenvalue weighted by Crippen LogP contribution is 2.29. The Morgan fingerprint density at radius 3 is 2.50 bits per heavy atom. The van der Waals surface area contributed by atoms with E-state index in [-0.39, 0.29) is 18.1 Å². The molecule has 0 unspecified atom stereocenters. The van der Waals surface area contributed by atoms with Crippen LogP contribution in [-0.2, 0) is 13.7 Å². The van der Waals surface area contributed by atoms with Crippen molar-refractivity contribution in [1.82, 2.24) is 9.78 Å². The van der Waals surface area contributed by atoms with Crippen LogP contribution in [0.3, 0.4) is 0 Å². The largest absolute Gasteiger partial charge is 0.496 e. The van der Waals surface area contributed by atoms with Crippen LogP contribution in [0.5, 0.6) is 17.2 Å².